The lowest BCUT2D eigenvalue weighted by Gasteiger charge is -2.36. The van der Waals surface area contributed by atoms with Gasteiger partial charge in [0, 0.05) is 10.6 Å². The van der Waals surface area contributed by atoms with Crippen molar-refractivity contribution in [1.29, 1.82) is 0 Å². The SMILES string of the molecule is CC(C(=O)NC(C)(C)CC(C)(C)C)N(c1cc(Cl)ccc1Cl)S(C)(=O)=O. The van der Waals surface area contributed by atoms with Crippen molar-refractivity contribution in [3.05, 3.63) is 28.2 Å². The van der Waals surface area contributed by atoms with Crippen molar-refractivity contribution in [3.8, 4) is 0 Å². The number of sulfonamides is 1. The van der Waals surface area contributed by atoms with Crippen molar-refractivity contribution in [2.75, 3.05) is 10.6 Å². The van der Waals surface area contributed by atoms with Gasteiger partial charge in [-0.3, -0.25) is 9.10 Å². The zero-order valence-corrected chi connectivity index (χ0v) is 18.7. The lowest BCUT2D eigenvalue weighted by molar-refractivity contribution is -0.123. The first kappa shape index (κ1) is 23.1. The van der Waals surface area contributed by atoms with Crippen LogP contribution in [-0.2, 0) is 14.8 Å². The van der Waals surface area contributed by atoms with Crippen LogP contribution in [0.25, 0.3) is 0 Å². The van der Waals surface area contributed by atoms with Crippen LogP contribution in [0.15, 0.2) is 18.2 Å². The van der Waals surface area contributed by atoms with Gasteiger partial charge in [0.05, 0.1) is 17.0 Å². The van der Waals surface area contributed by atoms with Gasteiger partial charge in [0.1, 0.15) is 6.04 Å². The molecule has 0 bridgehead atoms. The topological polar surface area (TPSA) is 66.5 Å². The van der Waals surface area contributed by atoms with E-state index < -0.39 is 27.5 Å². The standard InChI is InChI=1S/C18H28Cl2N2O3S/c1-12(16(23)21-18(5,6)11-17(2,3)4)22(26(7,24)25)15-10-13(19)8-9-14(15)20/h8-10,12H,11H2,1-7H3,(H,21,23). The Kier molecular flexibility index (Phi) is 7.05. The first-order valence-corrected chi connectivity index (χ1v) is 10.9. The second-order valence-corrected chi connectivity index (χ2v) is 11.1. The molecule has 0 saturated carbocycles. The molecule has 0 aliphatic rings. The zero-order valence-electron chi connectivity index (χ0n) is 16.4. The quantitative estimate of drug-likeness (QED) is 0.734. The molecule has 1 unspecified atom stereocenters. The third-order valence-electron chi connectivity index (χ3n) is 3.67. The maximum Gasteiger partial charge on any atom is 0.244 e. The van der Waals surface area contributed by atoms with Gasteiger partial charge < -0.3 is 5.32 Å². The van der Waals surface area contributed by atoms with E-state index in [2.05, 4.69) is 26.1 Å². The van der Waals surface area contributed by atoms with Crippen molar-refractivity contribution >= 4 is 44.8 Å². The Morgan fingerprint density at radius 1 is 1.19 bits per heavy atom. The number of carbonyl (C=O) groups excluding carboxylic acids is 1. The predicted octanol–water partition coefficient (Wildman–Crippen LogP) is 4.48. The summed E-state index contributed by atoms with van der Waals surface area (Å²) >= 11 is 12.2. The fourth-order valence-corrected chi connectivity index (χ4v) is 4.85. The van der Waals surface area contributed by atoms with Gasteiger partial charge in [0.2, 0.25) is 15.9 Å². The number of rotatable bonds is 6. The highest BCUT2D eigenvalue weighted by Crippen LogP contribution is 2.33. The number of halogens is 2. The average Bonchev–Trinajstić information content (AvgIpc) is 2.37. The Morgan fingerprint density at radius 3 is 2.19 bits per heavy atom. The van der Waals surface area contributed by atoms with Gasteiger partial charge >= 0.3 is 0 Å². The first-order valence-electron chi connectivity index (χ1n) is 8.30. The highest BCUT2D eigenvalue weighted by Gasteiger charge is 2.34. The molecule has 1 amide bonds. The van der Waals surface area contributed by atoms with E-state index in [1.807, 2.05) is 13.8 Å². The van der Waals surface area contributed by atoms with Gasteiger partial charge in [-0.1, -0.05) is 44.0 Å². The van der Waals surface area contributed by atoms with E-state index >= 15 is 0 Å². The number of nitrogens with zero attached hydrogens (tertiary/aromatic N) is 1. The molecule has 0 aliphatic carbocycles. The van der Waals surface area contributed by atoms with Gasteiger partial charge in [-0.05, 0) is 50.8 Å². The molecule has 1 N–H and O–H groups in total. The van der Waals surface area contributed by atoms with Gasteiger partial charge in [-0.15, -0.1) is 0 Å². The summed E-state index contributed by atoms with van der Waals surface area (Å²) in [4.78, 5) is 12.8. The average molecular weight is 423 g/mol. The summed E-state index contributed by atoms with van der Waals surface area (Å²) in [5.74, 6) is -0.402. The lowest BCUT2D eigenvalue weighted by Crippen LogP contribution is -2.54. The van der Waals surface area contributed by atoms with Crippen LogP contribution in [0, 0.1) is 5.41 Å². The fraction of sp³-hybridized carbons (Fsp3) is 0.611. The van der Waals surface area contributed by atoms with Crippen LogP contribution in [0.1, 0.15) is 48.0 Å². The Balaban J connectivity index is 3.21. The van der Waals surface area contributed by atoms with E-state index in [-0.39, 0.29) is 16.1 Å². The molecule has 1 atom stereocenters. The predicted molar refractivity (Wildman–Crippen MR) is 110 cm³/mol. The van der Waals surface area contributed by atoms with E-state index in [0.717, 1.165) is 17.0 Å². The highest BCUT2D eigenvalue weighted by molar-refractivity contribution is 7.92. The molecule has 0 radical (unpaired) electrons. The van der Waals surface area contributed by atoms with Crippen LogP contribution in [0.3, 0.4) is 0 Å². The summed E-state index contributed by atoms with van der Waals surface area (Å²) in [6.07, 6.45) is 1.77. The van der Waals surface area contributed by atoms with Crippen LogP contribution in [0.4, 0.5) is 5.69 Å². The summed E-state index contributed by atoms with van der Waals surface area (Å²) in [6, 6.07) is 3.52. The number of amides is 1. The van der Waals surface area contributed by atoms with Crippen molar-refractivity contribution in [3.63, 3.8) is 0 Å². The molecule has 0 fully saturated rings. The van der Waals surface area contributed by atoms with Crippen molar-refractivity contribution in [2.45, 2.75) is 59.5 Å². The number of anilines is 1. The van der Waals surface area contributed by atoms with Crippen molar-refractivity contribution in [2.24, 2.45) is 5.41 Å². The molecule has 0 spiro atoms. The monoisotopic (exact) mass is 422 g/mol. The van der Waals surface area contributed by atoms with E-state index in [4.69, 9.17) is 23.2 Å². The maximum absolute atomic E-state index is 12.8. The van der Waals surface area contributed by atoms with Crippen LogP contribution in [-0.4, -0.2) is 32.2 Å². The summed E-state index contributed by atoms with van der Waals surface area (Å²) in [5.41, 5.74) is -0.310. The van der Waals surface area contributed by atoms with E-state index in [1.54, 1.807) is 6.07 Å². The number of hydrogen-bond donors (Lipinski definition) is 1. The molecule has 148 valence electrons. The molecule has 1 aromatic rings. The number of nitrogens with one attached hydrogen (secondary N) is 1. The maximum atomic E-state index is 12.8. The normalized spacial score (nSPS) is 14.0. The molecule has 1 rings (SSSR count). The molecule has 0 aromatic heterocycles. The Morgan fingerprint density at radius 2 is 1.73 bits per heavy atom. The minimum atomic E-state index is -3.76. The molecular formula is C18H28Cl2N2O3S. The van der Waals surface area contributed by atoms with Crippen LogP contribution in [0.5, 0.6) is 0 Å². The third kappa shape index (κ3) is 6.63. The smallest absolute Gasteiger partial charge is 0.244 e. The molecule has 0 heterocycles. The fourth-order valence-electron chi connectivity index (χ4n) is 3.24. The second-order valence-electron chi connectivity index (χ2n) is 8.44. The molecule has 8 heteroatoms. The number of carbonyl (C=O) groups is 1. The lowest BCUT2D eigenvalue weighted by atomic mass is 9.81. The summed E-state index contributed by atoms with van der Waals surface area (Å²) in [5, 5.41) is 3.48. The Labute approximate surface area is 167 Å². The van der Waals surface area contributed by atoms with E-state index in [1.165, 1.54) is 19.1 Å². The molecule has 0 aliphatic heterocycles. The van der Waals surface area contributed by atoms with Gasteiger partial charge in [0.25, 0.3) is 0 Å². The van der Waals surface area contributed by atoms with Crippen molar-refractivity contribution < 1.29 is 13.2 Å². The van der Waals surface area contributed by atoms with Gasteiger partial charge in [-0.25, -0.2) is 8.42 Å². The first-order chi connectivity index (χ1) is 11.5. The summed E-state index contributed by atoms with van der Waals surface area (Å²) < 4.78 is 25.8. The van der Waals surface area contributed by atoms with Gasteiger partial charge in [0.15, 0.2) is 0 Å². The Bertz CT molecular complexity index is 771. The van der Waals surface area contributed by atoms with Gasteiger partial charge in [-0.2, -0.15) is 0 Å². The van der Waals surface area contributed by atoms with Crippen molar-refractivity contribution in [1.82, 2.24) is 5.32 Å². The summed E-state index contributed by atoms with van der Waals surface area (Å²) in [7, 11) is -3.76. The second kappa shape index (κ2) is 7.95. The molecule has 0 saturated heterocycles. The molecular weight excluding hydrogens is 395 g/mol. The number of hydrogen-bond acceptors (Lipinski definition) is 3. The Hall–Kier alpha value is -0.980. The minimum absolute atomic E-state index is 0.00675. The van der Waals surface area contributed by atoms with Crippen LogP contribution < -0.4 is 9.62 Å². The van der Waals surface area contributed by atoms with Crippen LogP contribution in [0.2, 0.25) is 10.0 Å². The zero-order chi connectivity index (χ0) is 20.5. The molecule has 5 nitrogen and oxygen atoms in total. The molecule has 1 aromatic carbocycles. The van der Waals surface area contributed by atoms with E-state index in [9.17, 15) is 13.2 Å². The van der Waals surface area contributed by atoms with E-state index in [0.29, 0.717) is 5.02 Å². The summed E-state index contributed by atoms with van der Waals surface area (Å²) in [6.45, 7) is 11.6. The third-order valence-corrected chi connectivity index (χ3v) is 5.45. The highest BCUT2D eigenvalue weighted by atomic mass is 35.5. The number of benzene rings is 1. The molecule has 26 heavy (non-hydrogen) atoms. The largest absolute Gasteiger partial charge is 0.349 e. The minimum Gasteiger partial charge on any atom is -0.349 e. The van der Waals surface area contributed by atoms with Crippen LogP contribution >= 0.6 is 23.2 Å².